The zero-order valence-corrected chi connectivity index (χ0v) is 14.6. The Kier molecular flexibility index (Phi) is 5.19. The average molecular weight is 307 g/mol. The van der Waals surface area contributed by atoms with Gasteiger partial charge in [0.05, 0.1) is 7.11 Å². The van der Waals surface area contributed by atoms with Gasteiger partial charge in [0, 0.05) is 5.56 Å². The Morgan fingerprint density at radius 1 is 0.955 bits per heavy atom. The first-order valence-electron chi connectivity index (χ1n) is 7.30. The fourth-order valence-electron chi connectivity index (χ4n) is 1.85. The van der Waals surface area contributed by atoms with Crippen molar-refractivity contribution in [3.63, 3.8) is 0 Å². The van der Waals surface area contributed by atoms with Crippen molar-refractivity contribution in [2.45, 2.75) is 19.6 Å². The molecule has 0 spiro atoms. The highest BCUT2D eigenvalue weighted by Crippen LogP contribution is 2.27. The second-order valence-electron chi connectivity index (χ2n) is 6.00. The number of hydrogen-bond acceptors (Lipinski definition) is 2. The van der Waals surface area contributed by atoms with Gasteiger partial charge in [-0.05, 0) is 12.1 Å². The molecule has 22 heavy (non-hydrogen) atoms. The van der Waals surface area contributed by atoms with Gasteiger partial charge in [-0.2, -0.15) is 0 Å². The van der Waals surface area contributed by atoms with E-state index in [0.29, 0.717) is 0 Å². The maximum absolute atomic E-state index is 5.38. The van der Waals surface area contributed by atoms with Crippen LogP contribution in [0.1, 0.15) is 5.56 Å². The van der Waals surface area contributed by atoms with Crippen LogP contribution in [0.2, 0.25) is 19.6 Å². The van der Waals surface area contributed by atoms with Gasteiger partial charge in [0.2, 0.25) is 0 Å². The van der Waals surface area contributed by atoms with Crippen LogP contribution in [0.5, 0.6) is 5.75 Å². The third-order valence-corrected chi connectivity index (χ3v) is 3.80. The van der Waals surface area contributed by atoms with Gasteiger partial charge in [-0.15, -0.1) is 5.54 Å². The van der Waals surface area contributed by atoms with Crippen molar-refractivity contribution in [2.24, 2.45) is 4.99 Å². The summed E-state index contributed by atoms with van der Waals surface area (Å²) in [6.07, 6.45) is 0. The summed E-state index contributed by atoms with van der Waals surface area (Å²) < 4.78 is 5.38. The molecule has 0 unspecified atom stereocenters. The third-order valence-electron chi connectivity index (χ3n) is 2.92. The minimum atomic E-state index is -1.47. The van der Waals surface area contributed by atoms with Crippen molar-refractivity contribution in [3.05, 3.63) is 60.2 Å². The molecular formula is C19H21NOSi. The second kappa shape index (κ2) is 7.10. The fourth-order valence-corrected chi connectivity index (χ4v) is 2.34. The van der Waals surface area contributed by atoms with E-state index in [1.807, 2.05) is 54.6 Å². The van der Waals surface area contributed by atoms with Crippen LogP contribution in [-0.2, 0) is 0 Å². The summed E-state index contributed by atoms with van der Waals surface area (Å²) in [5, 5.41) is 0. The molecule has 0 N–H and O–H groups in total. The van der Waals surface area contributed by atoms with E-state index in [1.165, 1.54) is 0 Å². The summed E-state index contributed by atoms with van der Waals surface area (Å²) >= 11 is 0. The third kappa shape index (κ3) is 4.61. The van der Waals surface area contributed by atoms with Gasteiger partial charge in [-0.3, -0.25) is 0 Å². The summed E-state index contributed by atoms with van der Waals surface area (Å²) in [6, 6.07) is 17.8. The Labute approximate surface area is 133 Å². The van der Waals surface area contributed by atoms with Crippen LogP contribution in [0.3, 0.4) is 0 Å². The van der Waals surface area contributed by atoms with E-state index in [0.717, 1.165) is 22.7 Å². The first kappa shape index (κ1) is 16.1. The molecule has 0 aliphatic carbocycles. The predicted octanol–water partition coefficient (Wildman–Crippen LogP) is 4.70. The summed E-state index contributed by atoms with van der Waals surface area (Å²) in [4.78, 5) is 4.74. The largest absolute Gasteiger partial charge is 0.494 e. The van der Waals surface area contributed by atoms with Crippen molar-refractivity contribution in [1.82, 2.24) is 0 Å². The molecule has 0 fully saturated rings. The maximum atomic E-state index is 5.38. The Bertz CT molecular complexity index is 718. The monoisotopic (exact) mass is 307 g/mol. The first-order valence-corrected chi connectivity index (χ1v) is 10.8. The number of rotatable bonds is 3. The van der Waals surface area contributed by atoms with E-state index in [4.69, 9.17) is 9.73 Å². The lowest BCUT2D eigenvalue weighted by molar-refractivity contribution is 0.416. The van der Waals surface area contributed by atoms with Crippen LogP contribution in [0.15, 0.2) is 59.6 Å². The maximum Gasteiger partial charge on any atom is 0.144 e. The van der Waals surface area contributed by atoms with Crippen molar-refractivity contribution in [1.29, 1.82) is 0 Å². The number of benzene rings is 2. The van der Waals surface area contributed by atoms with E-state index < -0.39 is 8.07 Å². The zero-order chi connectivity index (χ0) is 16.0. The molecule has 3 heteroatoms. The second-order valence-corrected chi connectivity index (χ2v) is 10.7. The predicted molar refractivity (Wildman–Crippen MR) is 96.8 cm³/mol. The molecule has 2 nitrogen and oxygen atoms in total. The molecule has 0 aliphatic heterocycles. The van der Waals surface area contributed by atoms with Crippen LogP contribution in [-0.4, -0.2) is 20.9 Å². The lowest BCUT2D eigenvalue weighted by Crippen LogP contribution is -2.17. The van der Waals surface area contributed by atoms with E-state index in [-0.39, 0.29) is 0 Å². The van der Waals surface area contributed by atoms with Gasteiger partial charge >= 0.3 is 0 Å². The first-order chi connectivity index (χ1) is 10.5. The van der Waals surface area contributed by atoms with Crippen LogP contribution >= 0.6 is 0 Å². The molecule has 112 valence electrons. The highest BCUT2D eigenvalue weighted by molar-refractivity contribution is 6.84. The number of ether oxygens (including phenoxy) is 1. The van der Waals surface area contributed by atoms with Gasteiger partial charge in [0.25, 0.3) is 0 Å². The van der Waals surface area contributed by atoms with Gasteiger partial charge in [-0.25, -0.2) is 4.99 Å². The van der Waals surface area contributed by atoms with Crippen LogP contribution in [0.4, 0.5) is 5.69 Å². The van der Waals surface area contributed by atoms with E-state index >= 15 is 0 Å². The van der Waals surface area contributed by atoms with Gasteiger partial charge < -0.3 is 4.74 Å². The molecule has 0 saturated heterocycles. The fraction of sp³-hybridized carbons (Fsp3) is 0.211. The quantitative estimate of drug-likeness (QED) is 0.458. The number of para-hydroxylation sites is 2. The van der Waals surface area contributed by atoms with Crippen molar-refractivity contribution < 1.29 is 4.74 Å². The molecule has 0 heterocycles. The molecule has 0 amide bonds. The SMILES string of the molecule is COc1ccccc1N=C(C#C[Si](C)(C)C)c1ccccc1. The zero-order valence-electron chi connectivity index (χ0n) is 13.6. The number of nitrogens with zero attached hydrogens (tertiary/aromatic N) is 1. The molecule has 0 radical (unpaired) electrons. The molecule has 0 aliphatic rings. The molecule has 0 atom stereocenters. The molecule has 2 aromatic carbocycles. The molecule has 2 aromatic rings. The minimum Gasteiger partial charge on any atom is -0.494 e. The van der Waals surface area contributed by atoms with Crippen molar-refractivity contribution in [3.8, 4) is 17.2 Å². The Balaban J connectivity index is 2.53. The molecular weight excluding hydrogens is 286 g/mol. The lowest BCUT2D eigenvalue weighted by Gasteiger charge is -2.07. The van der Waals surface area contributed by atoms with Gasteiger partial charge in [0.15, 0.2) is 0 Å². The van der Waals surface area contributed by atoms with Crippen molar-refractivity contribution in [2.75, 3.05) is 7.11 Å². The highest BCUT2D eigenvalue weighted by Gasteiger charge is 2.09. The summed E-state index contributed by atoms with van der Waals surface area (Å²) in [6.45, 7) is 6.68. The summed E-state index contributed by atoms with van der Waals surface area (Å²) in [5.74, 6) is 4.04. The lowest BCUT2D eigenvalue weighted by atomic mass is 10.1. The standard InChI is InChI=1S/C19H21NOSi/c1-21-19-13-9-8-12-18(19)20-17(14-15-22(2,3)4)16-10-6-5-7-11-16/h5-13H,1-4H3. The van der Waals surface area contributed by atoms with Crippen LogP contribution in [0.25, 0.3) is 0 Å². The molecule has 0 aromatic heterocycles. The normalized spacial score (nSPS) is 11.5. The Morgan fingerprint density at radius 2 is 1.59 bits per heavy atom. The van der Waals surface area contributed by atoms with Gasteiger partial charge in [0.1, 0.15) is 25.2 Å². The Hall–Kier alpha value is -2.31. The molecule has 2 rings (SSSR count). The number of hydrogen-bond donors (Lipinski definition) is 0. The van der Waals surface area contributed by atoms with Crippen LogP contribution in [0, 0.1) is 11.5 Å². The topological polar surface area (TPSA) is 21.6 Å². The summed E-state index contributed by atoms with van der Waals surface area (Å²) in [5.41, 5.74) is 6.01. The minimum absolute atomic E-state index is 0.755. The number of aliphatic imine (C=N–C) groups is 1. The van der Waals surface area contributed by atoms with Gasteiger partial charge in [-0.1, -0.05) is 68.0 Å². The van der Waals surface area contributed by atoms with E-state index in [1.54, 1.807) is 7.11 Å². The molecule has 0 saturated carbocycles. The average Bonchev–Trinajstić information content (AvgIpc) is 2.51. The van der Waals surface area contributed by atoms with Crippen LogP contribution < -0.4 is 4.74 Å². The molecule has 0 bridgehead atoms. The Morgan fingerprint density at radius 3 is 2.23 bits per heavy atom. The summed E-state index contributed by atoms with van der Waals surface area (Å²) in [7, 11) is 0.192. The van der Waals surface area contributed by atoms with Crippen molar-refractivity contribution >= 4 is 19.5 Å². The number of methoxy groups -OCH3 is 1. The smallest absolute Gasteiger partial charge is 0.144 e. The highest BCUT2D eigenvalue weighted by atomic mass is 28.3. The van der Waals surface area contributed by atoms with E-state index in [2.05, 4.69) is 31.1 Å². The van der Waals surface area contributed by atoms with E-state index in [9.17, 15) is 0 Å².